The number of hydrogen-bond donors (Lipinski definition) is 2. The molecule has 0 fully saturated rings. The fourth-order valence-corrected chi connectivity index (χ4v) is 3.90. The highest BCUT2D eigenvalue weighted by atomic mass is 32.2. The molecule has 0 saturated carbocycles. The number of sulfonamides is 1. The number of rotatable bonds is 8. The molecule has 0 aromatic heterocycles. The zero-order valence-corrected chi connectivity index (χ0v) is 17.7. The third-order valence-electron chi connectivity index (χ3n) is 4.36. The van der Waals surface area contributed by atoms with Gasteiger partial charge in [0.2, 0.25) is 0 Å². The minimum Gasteiger partial charge on any atom is -0.495 e. The molecule has 12 nitrogen and oxygen atoms in total. The summed E-state index contributed by atoms with van der Waals surface area (Å²) in [5.74, 6) is -0.635. The average Bonchev–Trinajstić information content (AvgIpc) is 2.79. The van der Waals surface area contributed by atoms with E-state index in [0.717, 1.165) is 24.3 Å². The van der Waals surface area contributed by atoms with E-state index in [1.54, 1.807) is 0 Å². The van der Waals surface area contributed by atoms with E-state index in [1.165, 1.54) is 49.6 Å². The first kappa shape index (κ1) is 23.1. The quantitative estimate of drug-likeness (QED) is 0.370. The Morgan fingerprint density at radius 3 is 2.24 bits per heavy atom. The lowest BCUT2D eigenvalue weighted by Crippen LogP contribution is -2.16. The molecule has 0 bridgehead atoms. The standard InChI is InChI=1S/C20H16N4O8S/c1-32-19-9-8-16(24(28)29)12-18(19)22-33(30,31)17-7-2-4-13(10-17)20(25)21-14-5-3-6-15(11-14)23(26)27/h2-12,22H,1H3,(H,21,25). The molecule has 2 N–H and O–H groups in total. The molecule has 0 unspecified atom stereocenters. The highest BCUT2D eigenvalue weighted by molar-refractivity contribution is 7.92. The van der Waals surface area contributed by atoms with E-state index in [4.69, 9.17) is 4.74 Å². The van der Waals surface area contributed by atoms with Gasteiger partial charge >= 0.3 is 0 Å². The summed E-state index contributed by atoms with van der Waals surface area (Å²) >= 11 is 0. The molecule has 0 aliphatic heterocycles. The number of non-ortho nitro benzene ring substituents is 2. The normalized spacial score (nSPS) is 10.8. The molecule has 0 spiro atoms. The third-order valence-corrected chi connectivity index (χ3v) is 5.72. The summed E-state index contributed by atoms with van der Waals surface area (Å²) in [5.41, 5.74) is -0.603. The van der Waals surface area contributed by atoms with E-state index in [-0.39, 0.29) is 39.0 Å². The number of hydrogen-bond acceptors (Lipinski definition) is 8. The molecular weight excluding hydrogens is 456 g/mol. The smallest absolute Gasteiger partial charge is 0.271 e. The summed E-state index contributed by atoms with van der Waals surface area (Å²) in [6.07, 6.45) is 0. The van der Waals surface area contributed by atoms with Crippen LogP contribution in [0.25, 0.3) is 0 Å². The van der Waals surface area contributed by atoms with Crippen molar-refractivity contribution < 1.29 is 27.8 Å². The minimum absolute atomic E-state index is 0.0320. The second kappa shape index (κ2) is 9.32. The largest absolute Gasteiger partial charge is 0.495 e. The Hall–Kier alpha value is -4.52. The summed E-state index contributed by atoms with van der Waals surface area (Å²) in [7, 11) is -2.98. The number of ether oxygens (including phenoxy) is 1. The Labute approximate surface area is 187 Å². The predicted molar refractivity (Wildman–Crippen MR) is 118 cm³/mol. The summed E-state index contributed by atoms with van der Waals surface area (Å²) < 4.78 is 33.0. The molecule has 0 atom stereocenters. The van der Waals surface area contributed by atoms with Crippen molar-refractivity contribution in [3.8, 4) is 5.75 Å². The van der Waals surface area contributed by atoms with Crippen molar-refractivity contribution in [3.05, 3.63) is 92.5 Å². The van der Waals surface area contributed by atoms with Gasteiger partial charge in [-0.2, -0.15) is 0 Å². The molecule has 1 amide bonds. The Bertz CT molecular complexity index is 1360. The van der Waals surface area contributed by atoms with Gasteiger partial charge in [-0.25, -0.2) is 8.42 Å². The van der Waals surface area contributed by atoms with E-state index in [9.17, 15) is 33.4 Å². The van der Waals surface area contributed by atoms with E-state index in [0.29, 0.717) is 0 Å². The summed E-state index contributed by atoms with van der Waals surface area (Å²) in [5, 5.41) is 24.4. The van der Waals surface area contributed by atoms with E-state index in [1.807, 2.05) is 0 Å². The number of carbonyl (C=O) groups is 1. The van der Waals surface area contributed by atoms with Gasteiger partial charge in [-0.3, -0.25) is 29.7 Å². The first-order chi connectivity index (χ1) is 15.6. The zero-order valence-electron chi connectivity index (χ0n) is 16.9. The van der Waals surface area contributed by atoms with E-state index in [2.05, 4.69) is 10.0 Å². The third kappa shape index (κ3) is 5.40. The molecule has 0 radical (unpaired) electrons. The maximum atomic E-state index is 12.9. The summed E-state index contributed by atoms with van der Waals surface area (Å²) in [4.78, 5) is 32.9. The van der Waals surface area contributed by atoms with Crippen LogP contribution in [0.4, 0.5) is 22.7 Å². The highest BCUT2D eigenvalue weighted by Gasteiger charge is 2.21. The van der Waals surface area contributed by atoms with Crippen LogP contribution in [0.2, 0.25) is 0 Å². The lowest BCUT2D eigenvalue weighted by Gasteiger charge is -2.12. The van der Waals surface area contributed by atoms with Crippen molar-refractivity contribution in [2.24, 2.45) is 0 Å². The molecule has 0 heterocycles. The molecule has 3 aromatic carbocycles. The van der Waals surface area contributed by atoms with Gasteiger partial charge in [0.05, 0.1) is 27.5 Å². The van der Waals surface area contributed by atoms with E-state index >= 15 is 0 Å². The van der Waals surface area contributed by atoms with Crippen LogP contribution in [-0.2, 0) is 10.0 Å². The molecule has 33 heavy (non-hydrogen) atoms. The maximum Gasteiger partial charge on any atom is 0.271 e. The molecule has 0 aliphatic carbocycles. The lowest BCUT2D eigenvalue weighted by atomic mass is 10.2. The van der Waals surface area contributed by atoms with Gasteiger partial charge in [-0.05, 0) is 30.3 Å². The number of nitrogens with zero attached hydrogens (tertiary/aromatic N) is 2. The van der Waals surface area contributed by atoms with Crippen molar-refractivity contribution in [1.29, 1.82) is 0 Å². The van der Waals surface area contributed by atoms with Crippen molar-refractivity contribution in [1.82, 2.24) is 0 Å². The minimum atomic E-state index is -4.26. The number of benzene rings is 3. The second-order valence-electron chi connectivity index (χ2n) is 6.54. The fourth-order valence-electron chi connectivity index (χ4n) is 2.80. The number of nitro benzene ring substituents is 2. The summed E-state index contributed by atoms with van der Waals surface area (Å²) in [6.45, 7) is 0. The number of nitro groups is 2. The second-order valence-corrected chi connectivity index (χ2v) is 8.22. The number of nitrogens with one attached hydrogen (secondary N) is 2. The van der Waals surface area contributed by atoms with Crippen LogP contribution in [0, 0.1) is 20.2 Å². The predicted octanol–water partition coefficient (Wildman–Crippen LogP) is 3.56. The Balaban J connectivity index is 1.87. The number of carbonyl (C=O) groups excluding carboxylic acids is 1. The van der Waals surface area contributed by atoms with Crippen molar-refractivity contribution in [3.63, 3.8) is 0 Å². The zero-order chi connectivity index (χ0) is 24.2. The van der Waals surface area contributed by atoms with Crippen LogP contribution in [0.3, 0.4) is 0 Å². The number of methoxy groups -OCH3 is 1. The number of anilines is 2. The van der Waals surface area contributed by atoms with Gasteiger partial charge in [0.1, 0.15) is 5.75 Å². The molecule has 170 valence electrons. The van der Waals surface area contributed by atoms with Gasteiger partial charge < -0.3 is 10.1 Å². The van der Waals surface area contributed by atoms with Crippen LogP contribution in [-0.4, -0.2) is 31.3 Å². The molecular formula is C20H16N4O8S. The van der Waals surface area contributed by atoms with Crippen LogP contribution < -0.4 is 14.8 Å². The average molecular weight is 472 g/mol. The molecule has 13 heteroatoms. The molecule has 3 aromatic rings. The number of amides is 1. The van der Waals surface area contributed by atoms with Crippen LogP contribution in [0.5, 0.6) is 5.75 Å². The van der Waals surface area contributed by atoms with Crippen LogP contribution in [0.1, 0.15) is 10.4 Å². The Kier molecular flexibility index (Phi) is 6.53. The first-order valence-corrected chi connectivity index (χ1v) is 10.6. The van der Waals surface area contributed by atoms with Crippen LogP contribution >= 0.6 is 0 Å². The van der Waals surface area contributed by atoms with Gasteiger partial charge in [0.15, 0.2) is 0 Å². The van der Waals surface area contributed by atoms with Crippen molar-refractivity contribution in [2.75, 3.05) is 17.1 Å². The Morgan fingerprint density at radius 2 is 1.58 bits per heavy atom. The van der Waals surface area contributed by atoms with Crippen LogP contribution in [0.15, 0.2) is 71.6 Å². The fraction of sp³-hybridized carbons (Fsp3) is 0.0500. The Morgan fingerprint density at radius 1 is 0.909 bits per heavy atom. The molecule has 0 saturated heterocycles. The monoisotopic (exact) mass is 472 g/mol. The maximum absolute atomic E-state index is 12.9. The van der Waals surface area contributed by atoms with Gasteiger partial charge in [-0.1, -0.05) is 12.1 Å². The molecule has 0 aliphatic rings. The van der Waals surface area contributed by atoms with Gasteiger partial charge in [0, 0.05) is 35.5 Å². The van der Waals surface area contributed by atoms with Crippen molar-refractivity contribution >= 4 is 38.7 Å². The lowest BCUT2D eigenvalue weighted by molar-refractivity contribution is -0.385. The summed E-state index contributed by atoms with van der Waals surface area (Å²) in [6, 6.07) is 13.7. The molecule has 3 rings (SSSR count). The SMILES string of the molecule is COc1ccc([N+](=O)[O-])cc1NS(=O)(=O)c1cccc(C(=O)Nc2cccc([N+](=O)[O-])c2)c1. The highest BCUT2D eigenvalue weighted by Crippen LogP contribution is 2.31. The van der Waals surface area contributed by atoms with Gasteiger partial charge in [0.25, 0.3) is 27.3 Å². The van der Waals surface area contributed by atoms with Crippen molar-refractivity contribution in [2.45, 2.75) is 4.90 Å². The van der Waals surface area contributed by atoms with Gasteiger partial charge in [-0.15, -0.1) is 0 Å². The topological polar surface area (TPSA) is 171 Å². The van der Waals surface area contributed by atoms with E-state index < -0.39 is 25.8 Å². The first-order valence-electron chi connectivity index (χ1n) is 9.12.